The molecule has 0 aromatic rings. The van der Waals surface area contributed by atoms with Crippen molar-refractivity contribution >= 4 is 24.6 Å². The summed E-state index contributed by atoms with van der Waals surface area (Å²) >= 11 is 3.87. The summed E-state index contributed by atoms with van der Waals surface area (Å²) in [6.45, 7) is 2.06. The highest BCUT2D eigenvalue weighted by atomic mass is 32.1. The van der Waals surface area contributed by atoms with Gasteiger partial charge in [0.05, 0.1) is 12.4 Å². The Kier molecular flexibility index (Phi) is 25.6. The van der Waals surface area contributed by atoms with Crippen LogP contribution >= 0.6 is 12.6 Å². The van der Waals surface area contributed by atoms with Gasteiger partial charge < -0.3 is 14.9 Å². The van der Waals surface area contributed by atoms with Crippen LogP contribution in [0.25, 0.3) is 0 Å². The Hall–Kier alpha value is -0.750. The van der Waals surface area contributed by atoms with Crippen molar-refractivity contribution in [3.63, 3.8) is 0 Å². The summed E-state index contributed by atoms with van der Waals surface area (Å²) in [7, 11) is 0. The highest BCUT2D eigenvalue weighted by Crippen LogP contribution is 2.12. The van der Waals surface area contributed by atoms with E-state index in [1.165, 1.54) is 83.5 Å². The number of aliphatic hydroxyl groups is 1. The molecule has 0 bridgehead atoms. The van der Waals surface area contributed by atoms with Gasteiger partial charge in [-0.1, -0.05) is 90.4 Å². The van der Waals surface area contributed by atoms with E-state index in [1.54, 1.807) is 0 Å². The normalized spacial score (nSPS) is 10.1. The molecule has 6 heteroatoms. The number of carbonyl (C=O) groups excluding carboxylic acids is 1. The molecule has 0 unspecified atom stereocenters. The predicted octanol–water partition coefficient (Wildman–Crippen LogP) is 5.00. The van der Waals surface area contributed by atoms with Crippen molar-refractivity contribution in [1.82, 2.24) is 0 Å². The molecule has 0 saturated carbocycles. The molecule has 0 rings (SSSR count). The number of hydrogen-bond acceptors (Lipinski definition) is 5. The number of hydrogen-bond donors (Lipinski definition) is 3. The van der Waals surface area contributed by atoms with Gasteiger partial charge in [0.15, 0.2) is 0 Å². The van der Waals surface area contributed by atoms with E-state index in [1.807, 2.05) is 0 Å². The van der Waals surface area contributed by atoms with Crippen molar-refractivity contribution in [3.8, 4) is 0 Å². The van der Waals surface area contributed by atoms with Gasteiger partial charge in [-0.15, -0.1) is 0 Å². The van der Waals surface area contributed by atoms with Gasteiger partial charge in [-0.25, -0.2) is 4.79 Å². The number of unbranched alkanes of at least 4 members (excludes halogenated alkanes) is 13. The lowest BCUT2D eigenvalue weighted by Crippen LogP contribution is -2.06. The molecule has 0 saturated heterocycles. The summed E-state index contributed by atoms with van der Waals surface area (Å²) < 4.78 is 4.98. The molecule has 5 nitrogen and oxygen atoms in total. The average Bonchev–Trinajstić information content (AvgIpc) is 2.65. The molecule has 0 aromatic carbocycles. The van der Waals surface area contributed by atoms with Crippen LogP contribution < -0.4 is 0 Å². The van der Waals surface area contributed by atoms with Gasteiger partial charge >= 0.3 is 11.9 Å². The molecular weight excluding hydrogens is 352 g/mol. The quantitative estimate of drug-likeness (QED) is 0.184. The van der Waals surface area contributed by atoms with Gasteiger partial charge in [-0.3, -0.25) is 4.79 Å². The van der Waals surface area contributed by atoms with Gasteiger partial charge in [0.1, 0.15) is 6.61 Å². The number of rotatable bonds is 17. The molecule has 0 fully saturated rings. The summed E-state index contributed by atoms with van der Waals surface area (Å²) in [5.41, 5.74) is 0. The molecule has 0 atom stereocenters. The first-order valence-electron chi connectivity index (χ1n) is 10.2. The van der Waals surface area contributed by atoms with E-state index in [4.69, 9.17) is 19.7 Å². The number of carboxylic acids is 1. The molecule has 26 heavy (non-hydrogen) atoms. The van der Waals surface area contributed by atoms with Crippen LogP contribution in [0.5, 0.6) is 0 Å². The molecule has 0 aromatic heterocycles. The molecule has 2 N–H and O–H groups in total. The monoisotopic (exact) mass is 392 g/mol. The van der Waals surface area contributed by atoms with Gasteiger partial charge in [0.25, 0.3) is 0 Å². The maximum absolute atomic E-state index is 10.8. The zero-order chi connectivity index (χ0) is 19.9. The topological polar surface area (TPSA) is 83.8 Å². The number of aliphatic hydroxyl groups excluding tert-OH is 1. The van der Waals surface area contributed by atoms with Crippen LogP contribution in [0.1, 0.15) is 96.8 Å². The lowest BCUT2D eigenvalue weighted by Gasteiger charge is -2.04. The zero-order valence-corrected chi connectivity index (χ0v) is 17.5. The number of thiol groups is 1. The van der Waals surface area contributed by atoms with Crippen LogP contribution in [-0.2, 0) is 14.3 Å². The van der Waals surface area contributed by atoms with Crippen molar-refractivity contribution in [3.05, 3.63) is 0 Å². The lowest BCUT2D eigenvalue weighted by molar-refractivity contribution is -0.141. The van der Waals surface area contributed by atoms with Crippen LogP contribution in [0.3, 0.4) is 0 Å². The molecule has 0 aliphatic heterocycles. The standard InChI is InChI=1S/C18H36O2S.C2H4O3/c1-2-3-4-5-6-7-8-9-10-11-12-13-14-15-16-20-18(19)17-21;3-1-2(4)5/h21H,2-17H2,1H3;3H,1H2,(H,4,5). The van der Waals surface area contributed by atoms with E-state index in [-0.39, 0.29) is 11.7 Å². The molecular formula is C20H40O5S. The average molecular weight is 393 g/mol. The fraction of sp³-hybridized carbons (Fsp3) is 0.900. The third-order valence-corrected chi connectivity index (χ3v) is 4.28. The van der Waals surface area contributed by atoms with Crippen LogP contribution in [0, 0.1) is 0 Å². The smallest absolute Gasteiger partial charge is 0.329 e. The Morgan fingerprint density at radius 2 is 1.12 bits per heavy atom. The van der Waals surface area contributed by atoms with E-state index >= 15 is 0 Å². The summed E-state index contributed by atoms with van der Waals surface area (Å²) in [6.07, 6.45) is 18.9. The predicted molar refractivity (Wildman–Crippen MR) is 110 cm³/mol. The first-order valence-corrected chi connectivity index (χ1v) is 10.8. The van der Waals surface area contributed by atoms with Gasteiger partial charge in [-0.2, -0.15) is 12.6 Å². The number of esters is 1. The zero-order valence-electron chi connectivity index (χ0n) is 16.6. The van der Waals surface area contributed by atoms with Crippen molar-refractivity contribution in [1.29, 1.82) is 0 Å². The van der Waals surface area contributed by atoms with Crippen LogP contribution in [0.4, 0.5) is 0 Å². The number of carboxylic acid groups (broad SMARTS) is 1. The van der Waals surface area contributed by atoms with Gasteiger partial charge in [-0.05, 0) is 6.42 Å². The minimum atomic E-state index is -1.19. The number of aliphatic carboxylic acids is 1. The summed E-state index contributed by atoms with van der Waals surface area (Å²) in [6, 6.07) is 0. The lowest BCUT2D eigenvalue weighted by atomic mass is 10.0. The second kappa shape index (κ2) is 24.2. The third kappa shape index (κ3) is 28.1. The fourth-order valence-corrected chi connectivity index (χ4v) is 2.62. The Labute approximate surface area is 165 Å². The van der Waals surface area contributed by atoms with Crippen LogP contribution in [0.15, 0.2) is 0 Å². The summed E-state index contributed by atoms with van der Waals surface area (Å²) in [5, 5.41) is 15.0. The minimum Gasteiger partial charge on any atom is -0.480 e. The largest absolute Gasteiger partial charge is 0.480 e. The van der Waals surface area contributed by atoms with Crippen LogP contribution in [0.2, 0.25) is 0 Å². The van der Waals surface area contributed by atoms with E-state index in [0.29, 0.717) is 6.61 Å². The molecule has 0 radical (unpaired) electrons. The Morgan fingerprint density at radius 3 is 1.42 bits per heavy atom. The van der Waals surface area contributed by atoms with E-state index < -0.39 is 12.6 Å². The third-order valence-electron chi connectivity index (χ3n) is 4.03. The molecule has 156 valence electrons. The van der Waals surface area contributed by atoms with E-state index in [2.05, 4.69) is 19.6 Å². The Bertz CT molecular complexity index is 311. The SMILES string of the molecule is CCCCCCCCCCCCCCCCOC(=O)CS.O=C(O)CO. The second-order valence-electron chi connectivity index (χ2n) is 6.53. The first-order chi connectivity index (χ1) is 12.6. The molecule has 0 spiro atoms. The van der Waals surface area contributed by atoms with Gasteiger partial charge in [0.2, 0.25) is 0 Å². The van der Waals surface area contributed by atoms with Gasteiger partial charge in [0, 0.05) is 0 Å². The van der Waals surface area contributed by atoms with E-state index in [0.717, 1.165) is 6.42 Å². The second-order valence-corrected chi connectivity index (χ2v) is 6.84. The maximum atomic E-state index is 10.8. The highest BCUT2D eigenvalue weighted by molar-refractivity contribution is 7.81. The molecule has 0 aliphatic rings. The maximum Gasteiger partial charge on any atom is 0.329 e. The molecule has 0 heterocycles. The minimum absolute atomic E-state index is 0.193. The number of carbonyl (C=O) groups is 2. The van der Waals surface area contributed by atoms with Crippen molar-refractivity contribution in [2.24, 2.45) is 0 Å². The first kappa shape index (κ1) is 27.5. The molecule has 0 aliphatic carbocycles. The Balaban J connectivity index is 0. The van der Waals surface area contributed by atoms with Crippen molar-refractivity contribution in [2.75, 3.05) is 19.0 Å². The van der Waals surface area contributed by atoms with Crippen LogP contribution in [-0.4, -0.2) is 41.1 Å². The number of ether oxygens (including phenoxy) is 1. The van der Waals surface area contributed by atoms with Crippen molar-refractivity contribution in [2.45, 2.75) is 96.8 Å². The highest BCUT2D eigenvalue weighted by Gasteiger charge is 1.98. The Morgan fingerprint density at radius 1 is 0.769 bits per heavy atom. The van der Waals surface area contributed by atoms with E-state index in [9.17, 15) is 4.79 Å². The van der Waals surface area contributed by atoms with Crippen molar-refractivity contribution < 1.29 is 24.5 Å². The molecule has 0 amide bonds. The summed E-state index contributed by atoms with van der Waals surface area (Å²) in [4.78, 5) is 20.0. The fourth-order valence-electron chi connectivity index (χ4n) is 2.53. The summed E-state index contributed by atoms with van der Waals surface area (Å²) in [5.74, 6) is -1.20.